The second-order valence-corrected chi connectivity index (χ2v) is 5.26. The molecule has 0 aliphatic heterocycles. The lowest BCUT2D eigenvalue weighted by molar-refractivity contribution is -0.120. The molecule has 134 valence electrons. The summed E-state index contributed by atoms with van der Waals surface area (Å²) in [7, 11) is 1.56. The zero-order chi connectivity index (χ0) is 18.2. The molecule has 2 aromatic carbocycles. The van der Waals surface area contributed by atoms with Gasteiger partial charge in [-0.2, -0.15) is 8.78 Å². The van der Waals surface area contributed by atoms with Crippen LogP contribution in [0.4, 0.5) is 14.5 Å². The topological polar surface area (TPSA) is 59.6 Å². The van der Waals surface area contributed by atoms with Gasteiger partial charge in [0.05, 0.1) is 25.4 Å². The second-order valence-electron chi connectivity index (χ2n) is 5.26. The van der Waals surface area contributed by atoms with E-state index in [2.05, 4.69) is 15.4 Å². The fourth-order valence-electron chi connectivity index (χ4n) is 2.38. The number of amides is 1. The molecule has 0 spiro atoms. The number of anilines is 1. The van der Waals surface area contributed by atoms with Gasteiger partial charge in [-0.3, -0.25) is 4.79 Å². The number of methoxy groups -OCH3 is 1. The molecule has 0 saturated carbocycles. The van der Waals surface area contributed by atoms with Crippen molar-refractivity contribution >= 4 is 11.6 Å². The number of carbonyl (C=O) groups is 1. The van der Waals surface area contributed by atoms with Gasteiger partial charge < -0.3 is 20.1 Å². The Hall–Kier alpha value is -2.83. The Kier molecular flexibility index (Phi) is 6.56. The van der Waals surface area contributed by atoms with Gasteiger partial charge in [-0.1, -0.05) is 30.3 Å². The first-order chi connectivity index (χ1) is 12.0. The molecular formula is C18H20F2N2O3. The van der Waals surface area contributed by atoms with E-state index in [-0.39, 0.29) is 24.2 Å². The Bertz CT molecular complexity index is 710. The van der Waals surface area contributed by atoms with Crippen molar-refractivity contribution in [1.29, 1.82) is 0 Å². The molecule has 2 N–H and O–H groups in total. The molecule has 0 heterocycles. The molecule has 1 atom stereocenters. The summed E-state index contributed by atoms with van der Waals surface area (Å²) >= 11 is 0. The van der Waals surface area contributed by atoms with E-state index in [0.717, 1.165) is 5.56 Å². The average Bonchev–Trinajstić information content (AvgIpc) is 2.60. The highest BCUT2D eigenvalue weighted by Gasteiger charge is 2.14. The van der Waals surface area contributed by atoms with Gasteiger partial charge >= 0.3 is 6.61 Å². The van der Waals surface area contributed by atoms with Crippen LogP contribution in [-0.4, -0.2) is 26.2 Å². The molecule has 2 rings (SSSR count). The van der Waals surface area contributed by atoms with Gasteiger partial charge in [0.15, 0.2) is 0 Å². The van der Waals surface area contributed by atoms with Crippen molar-refractivity contribution < 1.29 is 23.0 Å². The summed E-state index contributed by atoms with van der Waals surface area (Å²) in [5, 5.41) is 5.63. The van der Waals surface area contributed by atoms with Crippen LogP contribution >= 0.6 is 0 Å². The largest absolute Gasteiger partial charge is 0.496 e. The standard InChI is InChI=1S/C18H20F2N2O3/c1-12(13-7-3-5-9-15(13)24-2)22-17(23)11-21-14-8-4-6-10-16(14)25-18(19)20/h3-10,12,18,21H,11H2,1-2H3,(H,22,23). The molecule has 1 unspecified atom stereocenters. The van der Waals surface area contributed by atoms with Crippen LogP contribution in [0.25, 0.3) is 0 Å². The van der Waals surface area contributed by atoms with Gasteiger partial charge in [0.25, 0.3) is 0 Å². The first-order valence-corrected chi connectivity index (χ1v) is 7.71. The number of carbonyl (C=O) groups excluding carboxylic acids is 1. The molecule has 0 bridgehead atoms. The Labute approximate surface area is 144 Å². The molecule has 0 aliphatic carbocycles. The minimum absolute atomic E-state index is 0.0110. The van der Waals surface area contributed by atoms with E-state index in [4.69, 9.17) is 4.74 Å². The number of halogens is 2. The predicted molar refractivity (Wildman–Crippen MR) is 91.1 cm³/mol. The molecular weight excluding hydrogens is 330 g/mol. The van der Waals surface area contributed by atoms with E-state index >= 15 is 0 Å². The van der Waals surface area contributed by atoms with Crippen LogP contribution in [0.3, 0.4) is 0 Å². The summed E-state index contributed by atoms with van der Waals surface area (Å²) in [5.74, 6) is 0.382. The lowest BCUT2D eigenvalue weighted by atomic mass is 10.1. The third-order valence-electron chi connectivity index (χ3n) is 3.53. The molecule has 25 heavy (non-hydrogen) atoms. The normalized spacial score (nSPS) is 11.7. The van der Waals surface area contributed by atoms with Gasteiger partial charge in [-0.25, -0.2) is 0 Å². The van der Waals surface area contributed by atoms with Gasteiger partial charge in [0, 0.05) is 5.56 Å². The predicted octanol–water partition coefficient (Wildman–Crippen LogP) is 3.59. The Morgan fingerprint density at radius 1 is 1.08 bits per heavy atom. The van der Waals surface area contributed by atoms with Crippen molar-refractivity contribution in [2.24, 2.45) is 0 Å². The first-order valence-electron chi connectivity index (χ1n) is 7.71. The number of hydrogen-bond acceptors (Lipinski definition) is 4. The van der Waals surface area contributed by atoms with Crippen molar-refractivity contribution in [3.8, 4) is 11.5 Å². The number of para-hydroxylation sites is 3. The van der Waals surface area contributed by atoms with Crippen LogP contribution < -0.4 is 20.1 Å². The molecule has 0 fully saturated rings. The zero-order valence-electron chi connectivity index (χ0n) is 14.0. The summed E-state index contributed by atoms with van der Waals surface area (Å²) in [6, 6.07) is 13.3. The highest BCUT2D eigenvalue weighted by atomic mass is 19.3. The molecule has 5 nitrogen and oxygen atoms in total. The van der Waals surface area contributed by atoms with E-state index in [9.17, 15) is 13.6 Å². The van der Waals surface area contributed by atoms with Crippen LogP contribution in [0, 0.1) is 0 Å². The van der Waals surface area contributed by atoms with Crippen LogP contribution in [0.2, 0.25) is 0 Å². The molecule has 1 amide bonds. The van der Waals surface area contributed by atoms with Gasteiger partial charge in [-0.15, -0.1) is 0 Å². The van der Waals surface area contributed by atoms with E-state index in [0.29, 0.717) is 11.4 Å². The highest BCUT2D eigenvalue weighted by Crippen LogP contribution is 2.26. The van der Waals surface area contributed by atoms with Crippen LogP contribution in [0.15, 0.2) is 48.5 Å². The fourth-order valence-corrected chi connectivity index (χ4v) is 2.38. The van der Waals surface area contributed by atoms with E-state index in [1.807, 2.05) is 31.2 Å². The van der Waals surface area contributed by atoms with Crippen molar-refractivity contribution in [3.63, 3.8) is 0 Å². The van der Waals surface area contributed by atoms with Crippen molar-refractivity contribution in [3.05, 3.63) is 54.1 Å². The number of benzene rings is 2. The molecule has 0 radical (unpaired) electrons. The number of alkyl halides is 2. The second kappa shape index (κ2) is 8.86. The third kappa shape index (κ3) is 5.34. The van der Waals surface area contributed by atoms with Crippen LogP contribution in [-0.2, 0) is 4.79 Å². The summed E-state index contributed by atoms with van der Waals surface area (Å²) in [5.41, 5.74) is 1.17. The average molecular weight is 350 g/mol. The number of nitrogens with one attached hydrogen (secondary N) is 2. The first kappa shape index (κ1) is 18.5. The molecule has 0 saturated heterocycles. The molecule has 7 heteroatoms. The Morgan fingerprint density at radius 3 is 2.40 bits per heavy atom. The fraction of sp³-hybridized carbons (Fsp3) is 0.278. The minimum atomic E-state index is -2.93. The quantitative estimate of drug-likeness (QED) is 0.764. The van der Waals surface area contributed by atoms with Gasteiger partial charge in [0.2, 0.25) is 5.91 Å². The lowest BCUT2D eigenvalue weighted by Crippen LogP contribution is -2.32. The molecule has 0 aliphatic rings. The van der Waals surface area contributed by atoms with Crippen LogP contribution in [0.5, 0.6) is 11.5 Å². The zero-order valence-corrected chi connectivity index (χ0v) is 14.0. The Balaban J connectivity index is 1.95. The summed E-state index contributed by atoms with van der Waals surface area (Å²) in [6.45, 7) is -1.17. The third-order valence-corrected chi connectivity index (χ3v) is 3.53. The maximum absolute atomic E-state index is 12.4. The van der Waals surface area contributed by atoms with Crippen molar-refractivity contribution in [2.75, 3.05) is 19.0 Å². The van der Waals surface area contributed by atoms with Crippen LogP contribution in [0.1, 0.15) is 18.5 Å². The number of hydrogen-bond donors (Lipinski definition) is 2. The van der Waals surface area contributed by atoms with E-state index in [1.165, 1.54) is 6.07 Å². The lowest BCUT2D eigenvalue weighted by Gasteiger charge is -2.18. The maximum atomic E-state index is 12.4. The number of rotatable bonds is 8. The Morgan fingerprint density at radius 2 is 1.72 bits per heavy atom. The summed E-state index contributed by atoms with van der Waals surface area (Å²) in [6.07, 6.45) is 0. The molecule has 0 aromatic heterocycles. The highest BCUT2D eigenvalue weighted by molar-refractivity contribution is 5.81. The smallest absolute Gasteiger partial charge is 0.387 e. The van der Waals surface area contributed by atoms with Gasteiger partial charge in [-0.05, 0) is 25.1 Å². The minimum Gasteiger partial charge on any atom is -0.496 e. The van der Waals surface area contributed by atoms with Crippen molar-refractivity contribution in [1.82, 2.24) is 5.32 Å². The van der Waals surface area contributed by atoms with Gasteiger partial charge in [0.1, 0.15) is 11.5 Å². The maximum Gasteiger partial charge on any atom is 0.387 e. The van der Waals surface area contributed by atoms with Crippen molar-refractivity contribution in [2.45, 2.75) is 19.6 Å². The van der Waals surface area contributed by atoms with E-state index in [1.54, 1.807) is 25.3 Å². The molecule has 2 aromatic rings. The number of ether oxygens (including phenoxy) is 2. The monoisotopic (exact) mass is 350 g/mol. The van der Waals surface area contributed by atoms with E-state index < -0.39 is 6.61 Å². The summed E-state index contributed by atoms with van der Waals surface area (Å²) in [4.78, 5) is 12.1. The SMILES string of the molecule is COc1ccccc1C(C)NC(=O)CNc1ccccc1OC(F)F. The summed E-state index contributed by atoms with van der Waals surface area (Å²) < 4.78 is 34.5.